The number of rotatable bonds is 4. The highest BCUT2D eigenvalue weighted by Gasteiger charge is 2.21. The largest absolute Gasteiger partial charge is 0.497 e. The number of piperidine rings is 1. The molecule has 0 aliphatic carbocycles. The molecule has 1 aliphatic heterocycles. The average molecular weight is 265 g/mol. The number of likely N-dealkylation sites (tertiary alicyclic amines) is 1. The summed E-state index contributed by atoms with van der Waals surface area (Å²) in [5.41, 5.74) is 0.624. The van der Waals surface area contributed by atoms with Crippen LogP contribution in [0.5, 0.6) is 5.75 Å². The van der Waals surface area contributed by atoms with E-state index in [4.69, 9.17) is 4.74 Å². The van der Waals surface area contributed by atoms with Gasteiger partial charge in [-0.1, -0.05) is 0 Å². The molecule has 0 saturated carbocycles. The quantitative estimate of drug-likeness (QED) is 0.667. The molecule has 1 aliphatic rings. The number of likely N-dealkylation sites (N-methyl/N-ethyl adjacent to an activating group) is 1. The molecule has 6 nitrogen and oxygen atoms in total. The number of nitrogens with zero attached hydrogens (tertiary/aromatic N) is 2. The van der Waals surface area contributed by atoms with E-state index in [2.05, 4.69) is 17.3 Å². The molecule has 1 fully saturated rings. The van der Waals surface area contributed by atoms with E-state index in [9.17, 15) is 10.1 Å². The molecule has 1 aromatic rings. The van der Waals surface area contributed by atoms with Crippen LogP contribution in [0.1, 0.15) is 12.8 Å². The summed E-state index contributed by atoms with van der Waals surface area (Å²) in [7, 11) is 3.62. The molecule has 0 radical (unpaired) electrons. The summed E-state index contributed by atoms with van der Waals surface area (Å²) in [5.74, 6) is 0.622. The number of hydrogen-bond acceptors (Lipinski definition) is 5. The Morgan fingerprint density at radius 3 is 2.95 bits per heavy atom. The van der Waals surface area contributed by atoms with E-state index >= 15 is 0 Å². The van der Waals surface area contributed by atoms with Crippen LogP contribution in [-0.2, 0) is 0 Å². The Morgan fingerprint density at radius 2 is 2.32 bits per heavy atom. The Bertz CT molecular complexity index is 464. The fourth-order valence-electron chi connectivity index (χ4n) is 2.42. The van der Waals surface area contributed by atoms with Gasteiger partial charge in [0.15, 0.2) is 0 Å². The van der Waals surface area contributed by atoms with Crippen LogP contribution in [0.2, 0.25) is 0 Å². The SMILES string of the molecule is COc1ccc([N+](=O)[O-])c(NC2CCCN(C)C2)c1. The summed E-state index contributed by atoms with van der Waals surface area (Å²) in [4.78, 5) is 12.9. The van der Waals surface area contributed by atoms with Crippen molar-refractivity contribution in [3.63, 3.8) is 0 Å². The first kappa shape index (κ1) is 13.6. The van der Waals surface area contributed by atoms with Crippen LogP contribution in [0, 0.1) is 10.1 Å². The van der Waals surface area contributed by atoms with Gasteiger partial charge < -0.3 is 15.0 Å². The van der Waals surface area contributed by atoms with Crippen molar-refractivity contribution in [3.05, 3.63) is 28.3 Å². The molecule has 1 unspecified atom stereocenters. The third-order valence-electron chi connectivity index (χ3n) is 3.38. The van der Waals surface area contributed by atoms with Crippen molar-refractivity contribution in [1.82, 2.24) is 4.90 Å². The van der Waals surface area contributed by atoms with Gasteiger partial charge in [-0.3, -0.25) is 10.1 Å². The second-order valence-electron chi connectivity index (χ2n) is 4.89. The minimum absolute atomic E-state index is 0.0917. The lowest BCUT2D eigenvalue weighted by Crippen LogP contribution is -2.39. The highest BCUT2D eigenvalue weighted by molar-refractivity contribution is 5.64. The lowest BCUT2D eigenvalue weighted by Gasteiger charge is -2.30. The molecule has 0 bridgehead atoms. The Kier molecular flexibility index (Phi) is 4.21. The monoisotopic (exact) mass is 265 g/mol. The molecule has 0 aromatic heterocycles. The summed E-state index contributed by atoms with van der Waals surface area (Å²) in [6.07, 6.45) is 2.13. The Balaban J connectivity index is 2.19. The van der Waals surface area contributed by atoms with E-state index in [0.717, 1.165) is 25.9 Å². The van der Waals surface area contributed by atoms with Gasteiger partial charge in [-0.25, -0.2) is 0 Å². The summed E-state index contributed by atoms with van der Waals surface area (Å²) < 4.78 is 5.13. The maximum atomic E-state index is 11.0. The van der Waals surface area contributed by atoms with E-state index in [-0.39, 0.29) is 16.7 Å². The van der Waals surface area contributed by atoms with E-state index in [1.54, 1.807) is 19.2 Å². The molecule has 19 heavy (non-hydrogen) atoms. The summed E-state index contributed by atoms with van der Waals surface area (Å²) in [5, 5.41) is 14.3. The van der Waals surface area contributed by atoms with Crippen LogP contribution >= 0.6 is 0 Å². The molecule has 104 valence electrons. The molecule has 1 N–H and O–H groups in total. The van der Waals surface area contributed by atoms with E-state index in [1.165, 1.54) is 6.07 Å². The minimum atomic E-state index is -0.367. The van der Waals surface area contributed by atoms with Gasteiger partial charge in [0, 0.05) is 24.7 Å². The number of methoxy groups -OCH3 is 1. The molecule has 0 spiro atoms. The van der Waals surface area contributed by atoms with Gasteiger partial charge in [0.25, 0.3) is 5.69 Å². The maximum Gasteiger partial charge on any atom is 0.292 e. The van der Waals surface area contributed by atoms with Crippen molar-refractivity contribution in [3.8, 4) is 5.75 Å². The van der Waals surface area contributed by atoms with Crippen LogP contribution in [0.4, 0.5) is 11.4 Å². The van der Waals surface area contributed by atoms with Crippen LogP contribution in [-0.4, -0.2) is 43.1 Å². The first-order chi connectivity index (χ1) is 9.10. The number of nitrogens with one attached hydrogen (secondary N) is 1. The highest BCUT2D eigenvalue weighted by Crippen LogP contribution is 2.30. The number of hydrogen-bond donors (Lipinski definition) is 1. The molecule has 1 atom stereocenters. The molecule has 0 amide bonds. The lowest BCUT2D eigenvalue weighted by molar-refractivity contribution is -0.384. The molecule has 6 heteroatoms. The van der Waals surface area contributed by atoms with E-state index < -0.39 is 0 Å². The summed E-state index contributed by atoms with van der Waals surface area (Å²) in [6, 6.07) is 5.01. The maximum absolute atomic E-state index is 11.0. The standard InChI is InChI=1S/C13H19N3O3/c1-15-7-3-4-10(9-15)14-12-8-11(19-2)5-6-13(12)16(17)18/h5-6,8,10,14H,3-4,7,9H2,1-2H3. The molecular formula is C13H19N3O3. The molecule has 1 aromatic carbocycles. The van der Waals surface area contributed by atoms with Crippen molar-refractivity contribution in [2.24, 2.45) is 0 Å². The van der Waals surface area contributed by atoms with Crippen molar-refractivity contribution in [1.29, 1.82) is 0 Å². The van der Waals surface area contributed by atoms with Crippen LogP contribution < -0.4 is 10.1 Å². The van der Waals surface area contributed by atoms with Crippen LogP contribution in [0.25, 0.3) is 0 Å². The third-order valence-corrected chi connectivity index (χ3v) is 3.38. The van der Waals surface area contributed by atoms with Gasteiger partial charge in [-0.05, 0) is 32.5 Å². The van der Waals surface area contributed by atoms with Crippen molar-refractivity contribution < 1.29 is 9.66 Å². The number of ether oxygens (including phenoxy) is 1. The zero-order chi connectivity index (χ0) is 13.8. The van der Waals surface area contributed by atoms with Crippen molar-refractivity contribution >= 4 is 11.4 Å². The summed E-state index contributed by atoms with van der Waals surface area (Å²) >= 11 is 0. The zero-order valence-corrected chi connectivity index (χ0v) is 11.3. The smallest absolute Gasteiger partial charge is 0.292 e. The Labute approximate surface area is 112 Å². The molecule has 1 saturated heterocycles. The second-order valence-corrected chi connectivity index (χ2v) is 4.89. The Hall–Kier alpha value is -1.82. The van der Waals surface area contributed by atoms with Crippen molar-refractivity contribution in [2.75, 3.05) is 32.6 Å². The van der Waals surface area contributed by atoms with Gasteiger partial charge in [0.2, 0.25) is 0 Å². The van der Waals surface area contributed by atoms with E-state index in [1.807, 2.05) is 0 Å². The minimum Gasteiger partial charge on any atom is -0.497 e. The lowest BCUT2D eigenvalue weighted by atomic mass is 10.1. The normalized spacial score (nSPS) is 20.0. The highest BCUT2D eigenvalue weighted by atomic mass is 16.6. The zero-order valence-electron chi connectivity index (χ0n) is 11.3. The van der Waals surface area contributed by atoms with E-state index in [0.29, 0.717) is 11.4 Å². The van der Waals surface area contributed by atoms with Gasteiger partial charge in [0.05, 0.1) is 12.0 Å². The topological polar surface area (TPSA) is 67.6 Å². The van der Waals surface area contributed by atoms with Crippen LogP contribution in [0.3, 0.4) is 0 Å². The fourth-order valence-corrected chi connectivity index (χ4v) is 2.42. The number of nitro benzene ring substituents is 1. The van der Waals surface area contributed by atoms with Gasteiger partial charge in [-0.15, -0.1) is 0 Å². The second kappa shape index (κ2) is 5.88. The van der Waals surface area contributed by atoms with Gasteiger partial charge in [0.1, 0.15) is 11.4 Å². The summed E-state index contributed by atoms with van der Waals surface area (Å²) in [6.45, 7) is 1.98. The van der Waals surface area contributed by atoms with Crippen molar-refractivity contribution in [2.45, 2.75) is 18.9 Å². The first-order valence-corrected chi connectivity index (χ1v) is 6.37. The molecule has 1 heterocycles. The number of anilines is 1. The number of nitro groups is 1. The van der Waals surface area contributed by atoms with Gasteiger partial charge >= 0.3 is 0 Å². The third kappa shape index (κ3) is 3.35. The fraction of sp³-hybridized carbons (Fsp3) is 0.538. The number of benzene rings is 1. The predicted octanol–water partition coefficient (Wildman–Crippen LogP) is 2.11. The molecule has 2 rings (SSSR count). The molecular weight excluding hydrogens is 246 g/mol. The first-order valence-electron chi connectivity index (χ1n) is 6.37. The predicted molar refractivity (Wildman–Crippen MR) is 73.8 cm³/mol. The van der Waals surface area contributed by atoms with Gasteiger partial charge in [-0.2, -0.15) is 0 Å². The van der Waals surface area contributed by atoms with Crippen LogP contribution in [0.15, 0.2) is 18.2 Å². The Morgan fingerprint density at radius 1 is 1.53 bits per heavy atom. The average Bonchev–Trinajstić information content (AvgIpc) is 2.38.